The number of unbranched alkanes of at least 4 members (excludes halogenated alkanes) is 1. The molecule has 0 atom stereocenters. The van der Waals surface area contributed by atoms with Gasteiger partial charge in [-0.05, 0) is 61.1 Å². The first-order valence-corrected chi connectivity index (χ1v) is 9.00. The van der Waals surface area contributed by atoms with Crippen molar-refractivity contribution < 1.29 is 4.39 Å². The van der Waals surface area contributed by atoms with Crippen LogP contribution in [0.1, 0.15) is 57.4 Å². The molecule has 0 amide bonds. The molecule has 2 rings (SSSR count). The Hall–Kier alpha value is -0.270. The van der Waals surface area contributed by atoms with Gasteiger partial charge in [0, 0.05) is 10.9 Å². The highest BCUT2D eigenvalue weighted by Gasteiger charge is 2.35. The summed E-state index contributed by atoms with van der Waals surface area (Å²) in [5, 5.41) is 0.458. The molecule has 0 saturated heterocycles. The third kappa shape index (κ3) is 4.60. The molecular weight excluding hydrogens is 306 g/mol. The first-order valence-electron chi connectivity index (χ1n) is 8.08. The van der Waals surface area contributed by atoms with Crippen LogP contribution in [0.4, 0.5) is 4.39 Å². The number of rotatable bonds is 6. The predicted molar refractivity (Wildman–Crippen MR) is 89.8 cm³/mol. The molecule has 21 heavy (non-hydrogen) atoms. The van der Waals surface area contributed by atoms with Gasteiger partial charge in [-0.25, -0.2) is 4.39 Å². The zero-order valence-electron chi connectivity index (χ0n) is 12.8. The van der Waals surface area contributed by atoms with E-state index in [-0.39, 0.29) is 11.2 Å². The SMILES string of the molecule is CCCCC1CCC(CCl)(Cc2ccc(Cl)cc2F)CC1. The fourth-order valence-electron chi connectivity index (χ4n) is 3.50. The third-order valence-corrected chi connectivity index (χ3v) is 5.80. The molecule has 1 aromatic rings. The van der Waals surface area contributed by atoms with E-state index in [1.54, 1.807) is 6.07 Å². The van der Waals surface area contributed by atoms with Gasteiger partial charge in [0.1, 0.15) is 5.82 Å². The molecule has 1 saturated carbocycles. The lowest BCUT2D eigenvalue weighted by Gasteiger charge is -2.39. The minimum absolute atomic E-state index is 0.0684. The smallest absolute Gasteiger partial charge is 0.127 e. The average molecular weight is 331 g/mol. The third-order valence-electron chi connectivity index (χ3n) is 5.00. The largest absolute Gasteiger partial charge is 0.207 e. The van der Waals surface area contributed by atoms with E-state index in [1.807, 2.05) is 6.07 Å². The van der Waals surface area contributed by atoms with Crippen LogP contribution in [-0.2, 0) is 6.42 Å². The summed E-state index contributed by atoms with van der Waals surface area (Å²) in [6.45, 7) is 2.25. The Morgan fingerprint density at radius 2 is 2.00 bits per heavy atom. The molecule has 0 N–H and O–H groups in total. The molecule has 1 aromatic carbocycles. The van der Waals surface area contributed by atoms with E-state index in [0.29, 0.717) is 10.9 Å². The summed E-state index contributed by atoms with van der Waals surface area (Å²) >= 11 is 12.1. The van der Waals surface area contributed by atoms with Crippen LogP contribution in [0.5, 0.6) is 0 Å². The van der Waals surface area contributed by atoms with E-state index in [0.717, 1.165) is 30.7 Å². The fourth-order valence-corrected chi connectivity index (χ4v) is 4.02. The van der Waals surface area contributed by atoms with Gasteiger partial charge in [-0.1, -0.05) is 43.9 Å². The van der Waals surface area contributed by atoms with E-state index < -0.39 is 0 Å². The maximum Gasteiger partial charge on any atom is 0.127 e. The molecule has 0 spiro atoms. The van der Waals surface area contributed by atoms with Crippen LogP contribution < -0.4 is 0 Å². The van der Waals surface area contributed by atoms with Crippen molar-refractivity contribution in [2.24, 2.45) is 11.3 Å². The Balaban J connectivity index is 1.99. The summed E-state index contributed by atoms with van der Waals surface area (Å²) in [5.74, 6) is 1.27. The molecule has 1 aliphatic rings. The normalized spacial score (nSPS) is 26.0. The van der Waals surface area contributed by atoms with Gasteiger partial charge in [0.25, 0.3) is 0 Å². The summed E-state index contributed by atoms with van der Waals surface area (Å²) in [5.41, 5.74) is 0.825. The van der Waals surface area contributed by atoms with Crippen LogP contribution in [0, 0.1) is 17.2 Å². The molecule has 1 aliphatic carbocycles. The second-order valence-electron chi connectivity index (χ2n) is 6.63. The van der Waals surface area contributed by atoms with Gasteiger partial charge in [-0.3, -0.25) is 0 Å². The van der Waals surface area contributed by atoms with E-state index in [1.165, 1.54) is 38.2 Å². The molecule has 0 unspecified atom stereocenters. The highest BCUT2D eigenvalue weighted by atomic mass is 35.5. The molecule has 0 aromatic heterocycles. The van der Waals surface area contributed by atoms with Crippen LogP contribution in [0.2, 0.25) is 5.02 Å². The van der Waals surface area contributed by atoms with Crippen molar-refractivity contribution in [2.45, 2.75) is 58.3 Å². The molecule has 0 heterocycles. The highest BCUT2D eigenvalue weighted by Crippen LogP contribution is 2.44. The summed E-state index contributed by atoms with van der Waals surface area (Å²) in [6, 6.07) is 5.00. The summed E-state index contributed by atoms with van der Waals surface area (Å²) < 4.78 is 14.0. The molecular formula is C18H25Cl2F. The van der Waals surface area contributed by atoms with Crippen LogP contribution in [0.3, 0.4) is 0 Å². The average Bonchev–Trinajstić information content (AvgIpc) is 2.49. The van der Waals surface area contributed by atoms with Crippen molar-refractivity contribution in [3.63, 3.8) is 0 Å². The van der Waals surface area contributed by atoms with Gasteiger partial charge in [-0.2, -0.15) is 0 Å². The topological polar surface area (TPSA) is 0 Å². The van der Waals surface area contributed by atoms with Gasteiger partial charge in [0.15, 0.2) is 0 Å². The number of alkyl halides is 1. The lowest BCUT2D eigenvalue weighted by atomic mass is 9.68. The van der Waals surface area contributed by atoms with Crippen LogP contribution in [0.15, 0.2) is 18.2 Å². The molecule has 0 bridgehead atoms. The monoisotopic (exact) mass is 330 g/mol. The first-order chi connectivity index (χ1) is 10.1. The first kappa shape index (κ1) is 17.1. The molecule has 0 nitrogen and oxygen atoms in total. The Kier molecular flexibility index (Phi) is 6.37. The Morgan fingerprint density at radius 1 is 1.29 bits per heavy atom. The van der Waals surface area contributed by atoms with Crippen molar-refractivity contribution >= 4 is 23.2 Å². The summed E-state index contributed by atoms with van der Waals surface area (Å²) in [7, 11) is 0. The van der Waals surface area contributed by atoms with E-state index in [4.69, 9.17) is 23.2 Å². The van der Waals surface area contributed by atoms with Crippen molar-refractivity contribution in [2.75, 3.05) is 5.88 Å². The fraction of sp³-hybridized carbons (Fsp3) is 0.667. The quantitative estimate of drug-likeness (QED) is 0.513. The minimum Gasteiger partial charge on any atom is -0.207 e. The van der Waals surface area contributed by atoms with Crippen LogP contribution in [0.25, 0.3) is 0 Å². The Morgan fingerprint density at radius 3 is 2.57 bits per heavy atom. The Bertz CT molecular complexity index is 451. The zero-order chi connectivity index (χ0) is 15.3. The highest BCUT2D eigenvalue weighted by molar-refractivity contribution is 6.30. The van der Waals surface area contributed by atoms with Crippen LogP contribution >= 0.6 is 23.2 Å². The minimum atomic E-state index is -0.194. The Labute approximate surface area is 138 Å². The molecule has 0 aliphatic heterocycles. The van der Waals surface area contributed by atoms with Gasteiger partial charge in [-0.15, -0.1) is 11.6 Å². The lowest BCUT2D eigenvalue weighted by molar-refractivity contribution is 0.164. The van der Waals surface area contributed by atoms with Crippen LogP contribution in [-0.4, -0.2) is 5.88 Å². The van der Waals surface area contributed by atoms with Gasteiger partial charge in [0.2, 0.25) is 0 Å². The maximum absolute atomic E-state index is 14.0. The molecule has 0 radical (unpaired) electrons. The molecule has 3 heteroatoms. The summed E-state index contributed by atoms with van der Waals surface area (Å²) in [4.78, 5) is 0. The molecule has 118 valence electrons. The van der Waals surface area contributed by atoms with Crippen molar-refractivity contribution in [1.29, 1.82) is 0 Å². The van der Waals surface area contributed by atoms with Crippen molar-refractivity contribution in [3.05, 3.63) is 34.6 Å². The number of hydrogen-bond donors (Lipinski definition) is 0. The van der Waals surface area contributed by atoms with E-state index in [9.17, 15) is 4.39 Å². The van der Waals surface area contributed by atoms with E-state index in [2.05, 4.69) is 6.92 Å². The second-order valence-corrected chi connectivity index (χ2v) is 7.34. The number of hydrogen-bond acceptors (Lipinski definition) is 0. The zero-order valence-corrected chi connectivity index (χ0v) is 14.3. The van der Waals surface area contributed by atoms with Gasteiger partial charge < -0.3 is 0 Å². The van der Waals surface area contributed by atoms with Crippen molar-refractivity contribution in [3.8, 4) is 0 Å². The summed E-state index contributed by atoms with van der Waals surface area (Å²) in [6.07, 6.45) is 9.38. The van der Waals surface area contributed by atoms with Gasteiger partial charge >= 0.3 is 0 Å². The molecule has 1 fully saturated rings. The van der Waals surface area contributed by atoms with Gasteiger partial charge in [0.05, 0.1) is 0 Å². The maximum atomic E-state index is 14.0. The predicted octanol–water partition coefficient (Wildman–Crippen LogP) is 6.63. The van der Waals surface area contributed by atoms with Crippen molar-refractivity contribution in [1.82, 2.24) is 0 Å². The number of benzene rings is 1. The van der Waals surface area contributed by atoms with E-state index >= 15 is 0 Å². The lowest BCUT2D eigenvalue weighted by Crippen LogP contribution is -2.32. The number of halogens is 3. The second kappa shape index (κ2) is 7.83. The standard InChI is InChI=1S/C18H25Cl2F/c1-2-3-4-14-7-9-18(13-19,10-8-14)12-15-5-6-16(20)11-17(15)21/h5-6,11,14H,2-4,7-10,12-13H2,1H3.